The molecule has 1 N–H and O–H groups in total. The van der Waals surface area contributed by atoms with Crippen LogP contribution in [0.1, 0.15) is 39.5 Å². The fraction of sp³-hybridized carbons (Fsp3) is 0.938. The van der Waals surface area contributed by atoms with Gasteiger partial charge in [0.1, 0.15) is 0 Å². The van der Waals surface area contributed by atoms with E-state index in [-0.39, 0.29) is 6.10 Å². The maximum atomic E-state index is 12.2. The Morgan fingerprint density at radius 2 is 1.90 bits per heavy atom. The summed E-state index contributed by atoms with van der Waals surface area (Å²) in [5, 5.41) is 9.50. The highest BCUT2D eigenvalue weighted by atomic mass is 16.3. The quantitative estimate of drug-likeness (QED) is 0.814. The number of aliphatic hydroxyl groups excluding tert-OH is 1. The minimum Gasteiger partial charge on any atom is -0.392 e. The summed E-state index contributed by atoms with van der Waals surface area (Å²) in [6, 6.07) is 0.457. The molecule has 2 rings (SSSR count). The number of hydrogen-bond donors (Lipinski definition) is 1. The van der Waals surface area contributed by atoms with Gasteiger partial charge in [-0.05, 0) is 33.1 Å². The van der Waals surface area contributed by atoms with Crippen molar-refractivity contribution in [3.8, 4) is 0 Å². The smallest absolute Gasteiger partial charge is 0.223 e. The Labute approximate surface area is 128 Å². The molecule has 2 aliphatic heterocycles. The van der Waals surface area contributed by atoms with Gasteiger partial charge in [-0.3, -0.25) is 9.69 Å². The minimum atomic E-state index is -0.264. The summed E-state index contributed by atoms with van der Waals surface area (Å²) in [6.07, 6.45) is 4.00. The number of likely N-dealkylation sites (tertiary alicyclic amines) is 1. The van der Waals surface area contributed by atoms with Crippen molar-refractivity contribution in [2.45, 2.75) is 51.7 Å². The number of amides is 1. The zero-order valence-electron chi connectivity index (χ0n) is 13.6. The average Bonchev–Trinajstić information content (AvgIpc) is 2.48. The number of nitrogens with zero attached hydrogens (tertiary/aromatic N) is 3. The summed E-state index contributed by atoms with van der Waals surface area (Å²) in [5.41, 5.74) is 0. The predicted octanol–water partition coefficient (Wildman–Crippen LogP) is 0.776. The van der Waals surface area contributed by atoms with Gasteiger partial charge in [0, 0.05) is 58.3 Å². The van der Waals surface area contributed by atoms with Gasteiger partial charge in [0.05, 0.1) is 6.10 Å². The van der Waals surface area contributed by atoms with Crippen molar-refractivity contribution < 1.29 is 9.90 Å². The van der Waals surface area contributed by atoms with Crippen LogP contribution in [0.2, 0.25) is 0 Å². The van der Waals surface area contributed by atoms with E-state index < -0.39 is 0 Å². The van der Waals surface area contributed by atoms with Crippen molar-refractivity contribution in [2.24, 2.45) is 0 Å². The Bertz CT molecular complexity index is 329. The van der Waals surface area contributed by atoms with Crippen LogP contribution in [0.4, 0.5) is 0 Å². The molecular weight excluding hydrogens is 266 g/mol. The Morgan fingerprint density at radius 1 is 1.19 bits per heavy atom. The highest BCUT2D eigenvalue weighted by molar-refractivity contribution is 5.76. The second-order valence-electron chi connectivity index (χ2n) is 6.69. The molecule has 0 bridgehead atoms. The lowest BCUT2D eigenvalue weighted by Gasteiger charge is -2.40. The molecule has 0 spiro atoms. The second-order valence-corrected chi connectivity index (χ2v) is 6.69. The molecule has 0 aromatic heterocycles. The number of carbonyl (C=O) groups excluding carboxylic acids is 1. The molecule has 5 heteroatoms. The molecule has 2 heterocycles. The van der Waals surface area contributed by atoms with Gasteiger partial charge in [-0.25, -0.2) is 0 Å². The number of piperidine rings is 1. The van der Waals surface area contributed by atoms with Crippen LogP contribution in [-0.4, -0.2) is 83.7 Å². The van der Waals surface area contributed by atoms with Crippen LogP contribution in [0, 0.1) is 0 Å². The summed E-state index contributed by atoms with van der Waals surface area (Å²) >= 11 is 0. The highest BCUT2D eigenvalue weighted by Crippen LogP contribution is 2.13. The SMILES string of the molecule is C[C@@H]1CN(CCC(=O)N2CCCCC2)CCN1C[C@@H](C)O. The Morgan fingerprint density at radius 3 is 2.52 bits per heavy atom. The lowest BCUT2D eigenvalue weighted by molar-refractivity contribution is -0.132. The molecule has 5 nitrogen and oxygen atoms in total. The molecule has 0 aromatic rings. The molecule has 2 saturated heterocycles. The lowest BCUT2D eigenvalue weighted by atomic mass is 10.1. The van der Waals surface area contributed by atoms with Crippen LogP contribution >= 0.6 is 0 Å². The number of β-amino-alcohol motifs (C(OH)–C–C–N with tert-alkyl or cyclic N) is 1. The molecular formula is C16H31N3O2. The van der Waals surface area contributed by atoms with E-state index in [9.17, 15) is 9.90 Å². The topological polar surface area (TPSA) is 47.0 Å². The molecule has 2 atom stereocenters. The summed E-state index contributed by atoms with van der Waals surface area (Å²) in [4.78, 5) is 19.0. The number of aliphatic hydroxyl groups is 1. The van der Waals surface area contributed by atoms with E-state index >= 15 is 0 Å². The van der Waals surface area contributed by atoms with E-state index in [2.05, 4.69) is 16.7 Å². The molecule has 0 unspecified atom stereocenters. The second kappa shape index (κ2) is 8.11. The van der Waals surface area contributed by atoms with Gasteiger partial charge in [-0.1, -0.05) is 0 Å². The third-order valence-electron chi connectivity index (χ3n) is 4.70. The molecule has 21 heavy (non-hydrogen) atoms. The van der Waals surface area contributed by atoms with Gasteiger partial charge in [0.2, 0.25) is 5.91 Å². The molecule has 2 aliphatic rings. The fourth-order valence-electron chi connectivity index (χ4n) is 3.44. The van der Waals surface area contributed by atoms with Crippen LogP contribution in [0.3, 0.4) is 0 Å². The van der Waals surface area contributed by atoms with E-state index in [1.54, 1.807) is 0 Å². The molecule has 0 radical (unpaired) electrons. The van der Waals surface area contributed by atoms with Crippen LogP contribution in [0.25, 0.3) is 0 Å². The first kappa shape index (κ1) is 16.7. The maximum absolute atomic E-state index is 12.2. The zero-order valence-corrected chi connectivity index (χ0v) is 13.6. The molecule has 0 aromatic carbocycles. The van der Waals surface area contributed by atoms with Crippen LogP contribution in [0.5, 0.6) is 0 Å². The van der Waals surface area contributed by atoms with Crippen molar-refractivity contribution in [1.29, 1.82) is 0 Å². The standard InChI is InChI=1S/C16H31N3O2/c1-14-12-17(10-11-19(14)13-15(2)20)9-6-16(21)18-7-4-3-5-8-18/h14-15,20H,3-13H2,1-2H3/t14-,15-/m1/s1. The molecule has 2 fully saturated rings. The maximum Gasteiger partial charge on any atom is 0.223 e. The van der Waals surface area contributed by atoms with Gasteiger partial charge in [0.25, 0.3) is 0 Å². The summed E-state index contributed by atoms with van der Waals surface area (Å²) in [6.45, 7) is 10.6. The molecule has 0 saturated carbocycles. The van der Waals surface area contributed by atoms with Gasteiger partial charge < -0.3 is 14.9 Å². The van der Waals surface area contributed by atoms with Gasteiger partial charge >= 0.3 is 0 Å². The van der Waals surface area contributed by atoms with Gasteiger partial charge in [-0.15, -0.1) is 0 Å². The normalized spacial score (nSPS) is 26.8. The van der Waals surface area contributed by atoms with Crippen LogP contribution < -0.4 is 0 Å². The first-order valence-electron chi connectivity index (χ1n) is 8.48. The first-order chi connectivity index (χ1) is 10.1. The van der Waals surface area contributed by atoms with Crippen molar-refractivity contribution in [1.82, 2.24) is 14.7 Å². The Balaban J connectivity index is 1.68. The largest absolute Gasteiger partial charge is 0.392 e. The Hall–Kier alpha value is -0.650. The number of hydrogen-bond acceptors (Lipinski definition) is 4. The van der Waals surface area contributed by atoms with Crippen LogP contribution in [0.15, 0.2) is 0 Å². The number of carbonyl (C=O) groups is 1. The summed E-state index contributed by atoms with van der Waals surface area (Å²) in [5.74, 6) is 0.328. The molecule has 0 aliphatic carbocycles. The molecule has 122 valence electrons. The van der Waals surface area contributed by atoms with Crippen LogP contribution in [-0.2, 0) is 4.79 Å². The van der Waals surface area contributed by atoms with Gasteiger partial charge in [0.15, 0.2) is 0 Å². The fourth-order valence-corrected chi connectivity index (χ4v) is 3.44. The summed E-state index contributed by atoms with van der Waals surface area (Å²) < 4.78 is 0. The zero-order chi connectivity index (χ0) is 15.2. The van der Waals surface area contributed by atoms with Crippen molar-refractivity contribution >= 4 is 5.91 Å². The molecule has 1 amide bonds. The van der Waals surface area contributed by atoms with E-state index in [1.807, 2.05) is 11.8 Å². The van der Waals surface area contributed by atoms with E-state index in [0.29, 0.717) is 18.4 Å². The third-order valence-corrected chi connectivity index (χ3v) is 4.70. The number of piperazine rings is 1. The monoisotopic (exact) mass is 297 g/mol. The highest BCUT2D eigenvalue weighted by Gasteiger charge is 2.25. The third kappa shape index (κ3) is 5.24. The summed E-state index contributed by atoms with van der Waals surface area (Å²) in [7, 11) is 0. The van der Waals surface area contributed by atoms with E-state index in [4.69, 9.17) is 0 Å². The van der Waals surface area contributed by atoms with E-state index in [1.165, 1.54) is 19.3 Å². The van der Waals surface area contributed by atoms with Crippen molar-refractivity contribution in [3.63, 3.8) is 0 Å². The minimum absolute atomic E-state index is 0.264. The number of rotatable bonds is 5. The average molecular weight is 297 g/mol. The van der Waals surface area contributed by atoms with Crippen molar-refractivity contribution in [3.05, 3.63) is 0 Å². The van der Waals surface area contributed by atoms with E-state index in [0.717, 1.165) is 45.8 Å². The first-order valence-corrected chi connectivity index (χ1v) is 8.48. The van der Waals surface area contributed by atoms with Gasteiger partial charge in [-0.2, -0.15) is 0 Å². The Kier molecular flexibility index (Phi) is 6.45. The predicted molar refractivity (Wildman–Crippen MR) is 84.2 cm³/mol. The van der Waals surface area contributed by atoms with Crippen molar-refractivity contribution in [2.75, 3.05) is 45.8 Å². The lowest BCUT2D eigenvalue weighted by Crippen LogP contribution is -2.53.